The summed E-state index contributed by atoms with van der Waals surface area (Å²) < 4.78 is 9.24. The average Bonchev–Trinajstić information content (AvgIpc) is 2.96. The van der Waals surface area contributed by atoms with Crippen LogP contribution in [0.1, 0.15) is 5.56 Å². The van der Waals surface area contributed by atoms with Gasteiger partial charge in [-0.1, -0.05) is 22.7 Å². The van der Waals surface area contributed by atoms with Gasteiger partial charge < -0.3 is 9.73 Å². The maximum absolute atomic E-state index is 5.45. The maximum Gasteiger partial charge on any atom is 0.134 e. The topological polar surface area (TPSA) is 51.0 Å². The van der Waals surface area contributed by atoms with Crippen LogP contribution < -0.4 is 5.32 Å². The van der Waals surface area contributed by atoms with Gasteiger partial charge in [-0.05, 0) is 6.07 Å². The molecule has 1 aromatic carbocycles. The lowest BCUT2D eigenvalue weighted by Crippen LogP contribution is -1.96. The second kappa shape index (κ2) is 3.94. The fourth-order valence-corrected chi connectivity index (χ4v) is 2.01. The van der Waals surface area contributed by atoms with Crippen molar-refractivity contribution in [3.05, 3.63) is 42.3 Å². The van der Waals surface area contributed by atoms with E-state index in [0.717, 1.165) is 28.1 Å². The van der Waals surface area contributed by atoms with Gasteiger partial charge >= 0.3 is 0 Å². The fraction of sp³-hybridized carbons (Fsp3) is 0.0909. The standard InChI is InChI=1S/C11H9N3OS/c1-2-4-10-9(3-1)8(7-15-10)5-12-11-6-13-14-16-11/h1-4,6-7,12H,5H2. The van der Waals surface area contributed by atoms with Crippen LogP contribution in [0.4, 0.5) is 5.00 Å². The normalized spacial score (nSPS) is 10.8. The Bertz CT molecular complexity index is 588. The minimum atomic E-state index is 0.723. The molecule has 0 aliphatic heterocycles. The molecule has 2 heterocycles. The van der Waals surface area contributed by atoms with Crippen LogP contribution in [0.3, 0.4) is 0 Å². The van der Waals surface area contributed by atoms with Gasteiger partial charge in [-0.3, -0.25) is 0 Å². The summed E-state index contributed by atoms with van der Waals surface area (Å²) in [6.07, 6.45) is 3.50. The molecule has 0 fully saturated rings. The first-order valence-corrected chi connectivity index (χ1v) is 5.67. The van der Waals surface area contributed by atoms with Gasteiger partial charge in [0.15, 0.2) is 0 Å². The van der Waals surface area contributed by atoms with Crippen molar-refractivity contribution >= 4 is 27.5 Å². The lowest BCUT2D eigenvalue weighted by Gasteiger charge is -1.99. The predicted molar refractivity (Wildman–Crippen MR) is 63.4 cm³/mol. The van der Waals surface area contributed by atoms with Gasteiger partial charge in [0.2, 0.25) is 0 Å². The second-order valence-corrected chi connectivity index (χ2v) is 4.18. The molecule has 0 saturated heterocycles. The molecule has 0 aliphatic rings. The first-order chi connectivity index (χ1) is 7.93. The zero-order valence-electron chi connectivity index (χ0n) is 8.38. The minimum absolute atomic E-state index is 0.723. The van der Waals surface area contributed by atoms with Gasteiger partial charge in [0.1, 0.15) is 10.6 Å². The third kappa shape index (κ3) is 1.65. The van der Waals surface area contributed by atoms with Crippen LogP contribution in [-0.4, -0.2) is 9.59 Å². The van der Waals surface area contributed by atoms with E-state index in [1.54, 1.807) is 12.5 Å². The highest BCUT2D eigenvalue weighted by Crippen LogP contribution is 2.22. The number of hydrogen-bond donors (Lipinski definition) is 1. The number of nitrogens with zero attached hydrogens (tertiary/aromatic N) is 2. The van der Waals surface area contributed by atoms with Gasteiger partial charge in [0, 0.05) is 29.0 Å². The highest BCUT2D eigenvalue weighted by molar-refractivity contribution is 7.09. The zero-order valence-corrected chi connectivity index (χ0v) is 9.20. The molecule has 16 heavy (non-hydrogen) atoms. The van der Waals surface area contributed by atoms with Crippen molar-refractivity contribution in [2.24, 2.45) is 0 Å². The molecular formula is C11H9N3OS. The van der Waals surface area contributed by atoms with E-state index in [0.29, 0.717) is 0 Å². The summed E-state index contributed by atoms with van der Waals surface area (Å²) in [5.41, 5.74) is 2.06. The number of hydrogen-bond acceptors (Lipinski definition) is 5. The molecule has 5 heteroatoms. The molecular weight excluding hydrogens is 222 g/mol. The van der Waals surface area contributed by atoms with E-state index in [9.17, 15) is 0 Å². The van der Waals surface area contributed by atoms with E-state index < -0.39 is 0 Å². The van der Waals surface area contributed by atoms with Crippen molar-refractivity contribution < 1.29 is 4.42 Å². The van der Waals surface area contributed by atoms with Gasteiger partial charge in [0.25, 0.3) is 0 Å². The molecule has 0 amide bonds. The quantitative estimate of drug-likeness (QED) is 0.753. The van der Waals surface area contributed by atoms with Crippen molar-refractivity contribution in [3.8, 4) is 0 Å². The maximum atomic E-state index is 5.45. The van der Waals surface area contributed by atoms with Crippen molar-refractivity contribution in [1.29, 1.82) is 0 Å². The lowest BCUT2D eigenvalue weighted by molar-refractivity contribution is 0.611. The van der Waals surface area contributed by atoms with Crippen LogP contribution >= 0.6 is 11.5 Å². The van der Waals surface area contributed by atoms with E-state index in [2.05, 4.69) is 21.0 Å². The summed E-state index contributed by atoms with van der Waals surface area (Å²) in [5, 5.41) is 9.13. The number of fused-ring (bicyclic) bond motifs is 1. The molecule has 0 aliphatic carbocycles. The highest BCUT2D eigenvalue weighted by Gasteiger charge is 2.04. The van der Waals surface area contributed by atoms with Crippen molar-refractivity contribution in [2.45, 2.75) is 6.54 Å². The largest absolute Gasteiger partial charge is 0.464 e. The van der Waals surface area contributed by atoms with Gasteiger partial charge in [-0.2, -0.15) is 0 Å². The molecule has 4 nitrogen and oxygen atoms in total. The molecule has 0 spiro atoms. The molecule has 1 N–H and O–H groups in total. The monoisotopic (exact) mass is 231 g/mol. The summed E-state index contributed by atoms with van der Waals surface area (Å²) in [7, 11) is 0. The zero-order chi connectivity index (χ0) is 10.8. The van der Waals surface area contributed by atoms with E-state index >= 15 is 0 Å². The number of benzene rings is 1. The first kappa shape index (κ1) is 9.35. The Balaban J connectivity index is 1.84. The number of aromatic nitrogens is 2. The SMILES string of the molecule is c1ccc2c(CNc3cnns3)coc2c1. The summed E-state index contributed by atoms with van der Waals surface area (Å²) in [4.78, 5) is 0. The molecule has 80 valence electrons. The van der Waals surface area contributed by atoms with Crippen LogP contribution in [0.5, 0.6) is 0 Å². The third-order valence-corrected chi connectivity index (χ3v) is 3.00. The molecule has 0 radical (unpaired) electrons. The Kier molecular flexibility index (Phi) is 2.30. The van der Waals surface area contributed by atoms with Gasteiger partial charge in [-0.25, -0.2) is 0 Å². The van der Waals surface area contributed by atoms with Crippen molar-refractivity contribution in [1.82, 2.24) is 9.59 Å². The smallest absolute Gasteiger partial charge is 0.134 e. The lowest BCUT2D eigenvalue weighted by atomic mass is 10.2. The highest BCUT2D eigenvalue weighted by atomic mass is 32.1. The second-order valence-electron chi connectivity index (χ2n) is 3.39. The predicted octanol–water partition coefficient (Wildman–Crippen LogP) is 2.90. The Morgan fingerprint density at radius 3 is 3.12 bits per heavy atom. The van der Waals surface area contributed by atoms with E-state index in [1.165, 1.54) is 11.5 Å². The summed E-state index contributed by atoms with van der Waals surface area (Å²) in [6, 6.07) is 8.00. The molecule has 0 bridgehead atoms. The average molecular weight is 231 g/mol. The van der Waals surface area contributed by atoms with Crippen molar-refractivity contribution in [2.75, 3.05) is 5.32 Å². The molecule has 3 aromatic rings. The van der Waals surface area contributed by atoms with Crippen molar-refractivity contribution in [3.63, 3.8) is 0 Å². The summed E-state index contributed by atoms with van der Waals surface area (Å²) in [6.45, 7) is 0.723. The Labute approximate surface area is 96.1 Å². The van der Waals surface area contributed by atoms with Gasteiger partial charge in [-0.15, -0.1) is 5.10 Å². The van der Waals surface area contributed by atoms with Gasteiger partial charge in [0.05, 0.1) is 12.5 Å². The number of rotatable bonds is 3. The molecule has 2 aromatic heterocycles. The van der Waals surface area contributed by atoms with Crippen LogP contribution in [0, 0.1) is 0 Å². The fourth-order valence-electron chi connectivity index (χ4n) is 1.60. The first-order valence-electron chi connectivity index (χ1n) is 4.90. The van der Waals surface area contributed by atoms with E-state index in [1.807, 2.05) is 18.2 Å². The van der Waals surface area contributed by atoms with Crippen LogP contribution in [-0.2, 0) is 6.54 Å². The van der Waals surface area contributed by atoms with Crippen LogP contribution in [0.25, 0.3) is 11.0 Å². The summed E-state index contributed by atoms with van der Waals surface area (Å²) >= 11 is 1.35. The van der Waals surface area contributed by atoms with Crippen LogP contribution in [0.2, 0.25) is 0 Å². The van der Waals surface area contributed by atoms with E-state index in [-0.39, 0.29) is 0 Å². The van der Waals surface area contributed by atoms with E-state index in [4.69, 9.17) is 4.42 Å². The number of para-hydroxylation sites is 1. The number of furan rings is 1. The molecule has 0 atom stereocenters. The Morgan fingerprint density at radius 2 is 2.25 bits per heavy atom. The molecule has 0 saturated carbocycles. The number of anilines is 1. The Hall–Kier alpha value is -1.88. The summed E-state index contributed by atoms with van der Waals surface area (Å²) in [5.74, 6) is 0. The Morgan fingerprint density at radius 1 is 1.31 bits per heavy atom. The van der Waals surface area contributed by atoms with Crippen LogP contribution in [0.15, 0.2) is 41.1 Å². The molecule has 0 unspecified atom stereocenters. The third-order valence-electron chi connectivity index (χ3n) is 2.38. The minimum Gasteiger partial charge on any atom is -0.464 e. The number of nitrogens with one attached hydrogen (secondary N) is 1. The molecule has 3 rings (SSSR count).